The van der Waals surface area contributed by atoms with Crippen molar-refractivity contribution in [2.24, 2.45) is 0 Å². The first-order chi connectivity index (χ1) is 10.4. The second-order valence-electron chi connectivity index (χ2n) is 5.92. The van der Waals surface area contributed by atoms with Crippen molar-refractivity contribution >= 4 is 5.91 Å². The third-order valence-corrected chi connectivity index (χ3v) is 3.82. The van der Waals surface area contributed by atoms with Crippen LogP contribution < -0.4 is 19.7 Å². The summed E-state index contributed by atoms with van der Waals surface area (Å²) < 4.78 is 10.6. The molecule has 0 saturated heterocycles. The molecule has 1 rings (SSSR count). The highest BCUT2D eigenvalue weighted by atomic mass is 16.5. The second-order valence-corrected chi connectivity index (χ2v) is 5.92. The number of amides is 1. The Kier molecular flexibility index (Phi) is 7.18. The Hall–Kier alpha value is -1.75. The summed E-state index contributed by atoms with van der Waals surface area (Å²) in [6, 6.07) is 6.05. The van der Waals surface area contributed by atoms with Gasteiger partial charge in [-0.25, -0.2) is 0 Å². The van der Waals surface area contributed by atoms with Crippen LogP contribution in [-0.4, -0.2) is 45.8 Å². The maximum atomic E-state index is 12.0. The maximum Gasteiger partial charge on any atom is 0.278 e. The van der Waals surface area contributed by atoms with Crippen molar-refractivity contribution < 1.29 is 19.2 Å². The number of ether oxygens (including phenoxy) is 2. The van der Waals surface area contributed by atoms with E-state index < -0.39 is 0 Å². The molecule has 5 nitrogen and oxygen atoms in total. The van der Waals surface area contributed by atoms with E-state index in [9.17, 15) is 4.79 Å². The minimum atomic E-state index is -0.0671. The summed E-state index contributed by atoms with van der Waals surface area (Å²) in [6.45, 7) is 6.79. The highest BCUT2D eigenvalue weighted by Gasteiger charge is 2.21. The zero-order valence-corrected chi connectivity index (χ0v) is 14.5. The Bertz CT molecular complexity index is 489. The normalized spacial score (nSPS) is 13.6. The van der Waals surface area contributed by atoms with Crippen molar-refractivity contribution in [1.82, 2.24) is 5.32 Å². The number of rotatable bonds is 8. The van der Waals surface area contributed by atoms with Crippen LogP contribution in [0.5, 0.6) is 11.5 Å². The first kappa shape index (κ1) is 18.3. The minimum absolute atomic E-state index is 0.0671. The van der Waals surface area contributed by atoms with Crippen molar-refractivity contribution in [2.45, 2.75) is 39.3 Å². The van der Waals surface area contributed by atoms with E-state index in [1.807, 2.05) is 46.0 Å². The van der Waals surface area contributed by atoms with Crippen molar-refractivity contribution in [3.05, 3.63) is 23.8 Å². The summed E-state index contributed by atoms with van der Waals surface area (Å²) in [6.07, 6.45) is 0.880. The fourth-order valence-corrected chi connectivity index (χ4v) is 2.23. The summed E-state index contributed by atoms with van der Waals surface area (Å²) in [4.78, 5) is 13.2. The molecule has 1 unspecified atom stereocenters. The number of hydrogen-bond acceptors (Lipinski definition) is 3. The summed E-state index contributed by atoms with van der Waals surface area (Å²) in [5.41, 5.74) is 1.17. The van der Waals surface area contributed by atoms with Crippen LogP contribution in [-0.2, 0) is 11.2 Å². The van der Waals surface area contributed by atoms with Gasteiger partial charge < -0.3 is 19.7 Å². The van der Waals surface area contributed by atoms with Gasteiger partial charge in [0.15, 0.2) is 17.5 Å². The molecule has 0 radical (unpaired) electrons. The second kappa shape index (κ2) is 8.63. The topological polar surface area (TPSA) is 52.0 Å². The lowest BCUT2D eigenvalue weighted by Crippen LogP contribution is -3.14. The average Bonchev–Trinajstić information content (AvgIpc) is 2.50. The maximum absolute atomic E-state index is 12.0. The lowest BCUT2D eigenvalue weighted by Gasteiger charge is -2.22. The van der Waals surface area contributed by atoms with Crippen LogP contribution in [0, 0.1) is 0 Å². The van der Waals surface area contributed by atoms with Gasteiger partial charge in [-0.15, -0.1) is 0 Å². The van der Waals surface area contributed by atoms with Crippen LogP contribution in [0.15, 0.2) is 18.2 Å². The van der Waals surface area contributed by atoms with E-state index in [1.54, 1.807) is 14.2 Å². The number of benzene rings is 1. The monoisotopic (exact) mass is 309 g/mol. The van der Waals surface area contributed by atoms with Crippen LogP contribution in [0.25, 0.3) is 0 Å². The molecule has 5 heteroatoms. The summed E-state index contributed by atoms with van der Waals surface area (Å²) in [5.74, 6) is 1.57. The molecule has 0 aliphatic carbocycles. The van der Waals surface area contributed by atoms with E-state index in [-0.39, 0.29) is 18.0 Å². The van der Waals surface area contributed by atoms with Crippen LogP contribution >= 0.6 is 0 Å². The molecule has 0 aliphatic rings. The Morgan fingerprint density at radius 1 is 1.18 bits per heavy atom. The molecule has 2 N–H and O–H groups in total. The fraction of sp³-hybridized carbons (Fsp3) is 0.588. The number of carbonyl (C=O) groups is 1. The van der Waals surface area contributed by atoms with Crippen molar-refractivity contribution in [1.29, 1.82) is 0 Å². The van der Waals surface area contributed by atoms with E-state index in [1.165, 1.54) is 10.5 Å². The van der Waals surface area contributed by atoms with Gasteiger partial charge in [0.05, 0.1) is 27.8 Å². The number of carbonyl (C=O) groups excluding carboxylic acids is 1. The van der Waals surface area contributed by atoms with Crippen molar-refractivity contribution in [2.75, 3.05) is 27.8 Å². The first-order valence-electron chi connectivity index (χ1n) is 7.72. The number of nitrogens with one attached hydrogen (secondary N) is 2. The van der Waals surface area contributed by atoms with Gasteiger partial charge >= 0.3 is 0 Å². The van der Waals surface area contributed by atoms with Gasteiger partial charge in [-0.05, 0) is 38.5 Å². The lowest BCUT2D eigenvalue weighted by atomic mass is 10.1. The number of hydrogen-bond donors (Lipinski definition) is 2. The van der Waals surface area contributed by atoms with Crippen LogP contribution in [0.1, 0.15) is 26.3 Å². The predicted molar refractivity (Wildman–Crippen MR) is 87.7 cm³/mol. The molecule has 0 aromatic heterocycles. The average molecular weight is 309 g/mol. The molecule has 1 aromatic carbocycles. The number of quaternary nitrogens is 1. The molecule has 0 heterocycles. The molecular formula is C17H29N2O3+. The molecule has 2 atom stereocenters. The Labute approximate surface area is 133 Å². The lowest BCUT2D eigenvalue weighted by molar-refractivity contribution is -0.894. The summed E-state index contributed by atoms with van der Waals surface area (Å²) >= 11 is 0. The zero-order chi connectivity index (χ0) is 16.7. The van der Waals surface area contributed by atoms with E-state index >= 15 is 0 Å². The molecule has 1 aromatic rings. The van der Waals surface area contributed by atoms with Crippen LogP contribution in [0.3, 0.4) is 0 Å². The number of methoxy groups -OCH3 is 2. The predicted octanol–water partition coefficient (Wildman–Crippen LogP) is 0.674. The number of likely N-dealkylation sites (N-methyl/N-ethyl adjacent to an activating group) is 1. The van der Waals surface area contributed by atoms with E-state index in [2.05, 4.69) is 5.32 Å². The highest BCUT2D eigenvalue weighted by Crippen LogP contribution is 2.27. The van der Waals surface area contributed by atoms with Crippen molar-refractivity contribution in [3.63, 3.8) is 0 Å². The van der Waals surface area contributed by atoms with Crippen molar-refractivity contribution in [3.8, 4) is 11.5 Å². The van der Waals surface area contributed by atoms with Gasteiger partial charge in [-0.2, -0.15) is 0 Å². The van der Waals surface area contributed by atoms with Gasteiger partial charge in [0.1, 0.15) is 0 Å². The molecule has 1 amide bonds. The van der Waals surface area contributed by atoms with E-state index in [0.717, 1.165) is 24.5 Å². The standard InChI is InChI=1S/C17H28N2O3/c1-12(2)18-17(20)13(3)19(4)10-9-14-7-8-15(21-5)16(11-14)22-6/h7-8,11-13H,9-10H2,1-6H3,(H,18,20)/p+1/t13-/m1/s1. The van der Waals surface area contributed by atoms with Gasteiger partial charge in [-0.3, -0.25) is 4.79 Å². The summed E-state index contributed by atoms with van der Waals surface area (Å²) in [7, 11) is 5.31. The molecule has 124 valence electrons. The molecule has 0 spiro atoms. The van der Waals surface area contributed by atoms with E-state index in [0.29, 0.717) is 0 Å². The molecular weight excluding hydrogens is 280 g/mol. The third kappa shape index (κ3) is 5.22. The molecule has 0 aliphatic heterocycles. The smallest absolute Gasteiger partial charge is 0.278 e. The minimum Gasteiger partial charge on any atom is -0.493 e. The SMILES string of the molecule is COc1ccc(CC[NH+](C)[C@H](C)C(=O)NC(C)C)cc1OC. The quantitative estimate of drug-likeness (QED) is 0.742. The fourth-order valence-electron chi connectivity index (χ4n) is 2.23. The van der Waals surface area contributed by atoms with Gasteiger partial charge in [-0.1, -0.05) is 6.07 Å². The molecule has 22 heavy (non-hydrogen) atoms. The molecule has 0 bridgehead atoms. The zero-order valence-electron chi connectivity index (χ0n) is 14.5. The van der Waals surface area contributed by atoms with Crippen LogP contribution in [0.4, 0.5) is 0 Å². The largest absolute Gasteiger partial charge is 0.493 e. The van der Waals surface area contributed by atoms with Gasteiger partial charge in [0.2, 0.25) is 0 Å². The molecule has 0 fully saturated rings. The Balaban J connectivity index is 2.60. The Morgan fingerprint density at radius 2 is 1.82 bits per heavy atom. The Morgan fingerprint density at radius 3 is 2.36 bits per heavy atom. The van der Waals surface area contributed by atoms with Gasteiger partial charge in [0.25, 0.3) is 5.91 Å². The van der Waals surface area contributed by atoms with Gasteiger partial charge in [0, 0.05) is 12.5 Å². The van der Waals surface area contributed by atoms with Crippen LogP contribution in [0.2, 0.25) is 0 Å². The summed E-state index contributed by atoms with van der Waals surface area (Å²) in [5, 5.41) is 2.96. The third-order valence-electron chi connectivity index (χ3n) is 3.82. The highest BCUT2D eigenvalue weighted by molar-refractivity contribution is 5.80. The molecule has 0 saturated carbocycles. The first-order valence-corrected chi connectivity index (χ1v) is 7.72. The van der Waals surface area contributed by atoms with E-state index in [4.69, 9.17) is 9.47 Å².